The van der Waals surface area contributed by atoms with E-state index in [0.717, 1.165) is 50.1 Å². The van der Waals surface area contributed by atoms with Crippen LogP contribution in [0.5, 0.6) is 0 Å². The summed E-state index contributed by atoms with van der Waals surface area (Å²) in [6.07, 6.45) is 8.25. The van der Waals surface area contributed by atoms with Crippen LogP contribution in [0.4, 0.5) is 5.69 Å². The van der Waals surface area contributed by atoms with Gasteiger partial charge in [-0.25, -0.2) is 0 Å². The van der Waals surface area contributed by atoms with Gasteiger partial charge in [-0.3, -0.25) is 4.98 Å². The molecule has 0 aliphatic carbocycles. The van der Waals surface area contributed by atoms with Crippen LogP contribution in [0.15, 0.2) is 18.5 Å². The van der Waals surface area contributed by atoms with Crippen molar-refractivity contribution in [2.75, 3.05) is 18.9 Å². The summed E-state index contributed by atoms with van der Waals surface area (Å²) in [4.78, 5) is 4.16. The van der Waals surface area contributed by atoms with Gasteiger partial charge in [-0.1, -0.05) is 6.92 Å². The number of nitrogen functional groups attached to an aromatic ring is 1. The van der Waals surface area contributed by atoms with Crippen LogP contribution in [0.25, 0.3) is 0 Å². The topological polar surface area (TPSA) is 60.2 Å². The van der Waals surface area contributed by atoms with E-state index in [1.54, 1.807) is 6.20 Å². The van der Waals surface area contributed by atoms with Crippen LogP contribution < -0.4 is 11.1 Å². The lowest BCUT2D eigenvalue weighted by Crippen LogP contribution is -2.41. The summed E-state index contributed by atoms with van der Waals surface area (Å²) in [5.74, 6) is 0. The molecule has 0 saturated carbocycles. The van der Waals surface area contributed by atoms with Gasteiger partial charge in [0, 0.05) is 30.7 Å². The molecule has 1 aromatic heterocycles. The van der Waals surface area contributed by atoms with Crippen molar-refractivity contribution < 1.29 is 4.74 Å². The third-order valence-electron chi connectivity index (χ3n) is 3.45. The molecular weight excluding hydrogens is 226 g/mol. The van der Waals surface area contributed by atoms with E-state index in [4.69, 9.17) is 10.5 Å². The molecule has 1 aliphatic rings. The van der Waals surface area contributed by atoms with Crippen molar-refractivity contribution in [3.63, 3.8) is 0 Å². The number of nitrogens with two attached hydrogens (primary N) is 1. The fraction of sp³-hybridized carbons (Fsp3) is 0.643. The van der Waals surface area contributed by atoms with E-state index >= 15 is 0 Å². The lowest BCUT2D eigenvalue weighted by atomic mass is 9.99. The van der Waals surface area contributed by atoms with Crippen LogP contribution in [0, 0.1) is 0 Å². The molecule has 2 heterocycles. The first-order valence-corrected chi connectivity index (χ1v) is 6.84. The molecule has 1 saturated heterocycles. The van der Waals surface area contributed by atoms with Crippen molar-refractivity contribution >= 4 is 5.69 Å². The highest BCUT2D eigenvalue weighted by molar-refractivity contribution is 5.44. The minimum absolute atomic E-state index is 0.316. The van der Waals surface area contributed by atoms with E-state index < -0.39 is 0 Å². The average Bonchev–Trinajstić information content (AvgIpc) is 2.90. The Hall–Kier alpha value is -1.13. The van der Waals surface area contributed by atoms with Gasteiger partial charge >= 0.3 is 0 Å². The van der Waals surface area contributed by atoms with Gasteiger partial charge in [-0.15, -0.1) is 0 Å². The molecule has 2 atom stereocenters. The Bertz CT molecular complexity index is 364. The van der Waals surface area contributed by atoms with Crippen LogP contribution in [0.2, 0.25) is 0 Å². The Labute approximate surface area is 109 Å². The number of pyridine rings is 1. The van der Waals surface area contributed by atoms with Crippen LogP contribution in [0.1, 0.15) is 31.7 Å². The second kappa shape index (κ2) is 6.71. The maximum Gasteiger partial charge on any atom is 0.0732 e. The molecule has 0 spiro atoms. The molecule has 1 fully saturated rings. The average molecular weight is 249 g/mol. The molecule has 1 aliphatic heterocycles. The summed E-state index contributed by atoms with van der Waals surface area (Å²) in [7, 11) is 0. The molecule has 2 unspecified atom stereocenters. The zero-order chi connectivity index (χ0) is 12.8. The largest absolute Gasteiger partial charge is 0.398 e. The molecule has 100 valence electrons. The first kappa shape index (κ1) is 13.3. The maximum absolute atomic E-state index is 5.99. The second-order valence-corrected chi connectivity index (χ2v) is 4.89. The highest BCUT2D eigenvalue weighted by atomic mass is 16.5. The Morgan fingerprint density at radius 1 is 1.61 bits per heavy atom. The summed E-state index contributed by atoms with van der Waals surface area (Å²) >= 11 is 0. The molecule has 2 rings (SSSR count). The van der Waals surface area contributed by atoms with Crippen molar-refractivity contribution in [2.24, 2.45) is 0 Å². The van der Waals surface area contributed by atoms with E-state index in [0.29, 0.717) is 12.1 Å². The molecule has 4 heteroatoms. The van der Waals surface area contributed by atoms with E-state index in [-0.39, 0.29) is 0 Å². The first-order valence-electron chi connectivity index (χ1n) is 6.84. The molecule has 0 amide bonds. The fourth-order valence-corrected chi connectivity index (χ4v) is 2.43. The van der Waals surface area contributed by atoms with Gasteiger partial charge in [-0.2, -0.15) is 0 Å². The van der Waals surface area contributed by atoms with Crippen LogP contribution in [-0.2, 0) is 11.2 Å². The molecular formula is C14H23N3O. The number of aromatic nitrogens is 1. The number of hydrogen-bond acceptors (Lipinski definition) is 4. The van der Waals surface area contributed by atoms with Crippen LogP contribution >= 0.6 is 0 Å². The number of hydrogen-bond donors (Lipinski definition) is 2. The summed E-state index contributed by atoms with van der Waals surface area (Å²) in [6, 6.07) is 2.21. The Balaban J connectivity index is 2.02. The summed E-state index contributed by atoms with van der Waals surface area (Å²) in [5, 5.41) is 3.58. The summed E-state index contributed by atoms with van der Waals surface area (Å²) in [6.45, 7) is 4.08. The molecule has 18 heavy (non-hydrogen) atoms. The van der Waals surface area contributed by atoms with Gasteiger partial charge < -0.3 is 15.8 Å². The van der Waals surface area contributed by atoms with Crippen molar-refractivity contribution in [1.82, 2.24) is 10.3 Å². The molecule has 0 aromatic carbocycles. The highest BCUT2D eigenvalue weighted by Gasteiger charge is 2.26. The van der Waals surface area contributed by atoms with Gasteiger partial charge in [0.15, 0.2) is 0 Å². The molecule has 4 nitrogen and oxygen atoms in total. The highest BCUT2D eigenvalue weighted by Crippen LogP contribution is 2.20. The Morgan fingerprint density at radius 2 is 2.50 bits per heavy atom. The number of nitrogens with one attached hydrogen (secondary N) is 1. The predicted molar refractivity (Wildman–Crippen MR) is 73.4 cm³/mol. The van der Waals surface area contributed by atoms with E-state index in [1.807, 2.05) is 12.3 Å². The van der Waals surface area contributed by atoms with Gasteiger partial charge in [0.05, 0.1) is 6.10 Å². The quantitative estimate of drug-likeness (QED) is 0.806. The van der Waals surface area contributed by atoms with Gasteiger partial charge in [0.1, 0.15) is 0 Å². The van der Waals surface area contributed by atoms with Crippen LogP contribution in [0.3, 0.4) is 0 Å². The number of ether oxygens (including phenoxy) is 1. The van der Waals surface area contributed by atoms with E-state index in [1.165, 1.54) is 0 Å². The summed E-state index contributed by atoms with van der Waals surface area (Å²) in [5.41, 5.74) is 7.93. The van der Waals surface area contributed by atoms with Gasteiger partial charge in [0.25, 0.3) is 0 Å². The van der Waals surface area contributed by atoms with Crippen molar-refractivity contribution in [2.45, 2.75) is 44.8 Å². The van der Waals surface area contributed by atoms with Crippen molar-refractivity contribution in [3.8, 4) is 0 Å². The molecule has 3 N–H and O–H groups in total. The first-order chi connectivity index (χ1) is 8.81. The normalized spacial score (nSPS) is 21.1. The number of rotatable bonds is 6. The van der Waals surface area contributed by atoms with Crippen molar-refractivity contribution in [1.29, 1.82) is 0 Å². The van der Waals surface area contributed by atoms with Gasteiger partial charge in [0.2, 0.25) is 0 Å². The minimum Gasteiger partial charge on any atom is -0.398 e. The monoisotopic (exact) mass is 249 g/mol. The summed E-state index contributed by atoms with van der Waals surface area (Å²) < 4.78 is 5.80. The third-order valence-corrected chi connectivity index (χ3v) is 3.45. The smallest absolute Gasteiger partial charge is 0.0732 e. The van der Waals surface area contributed by atoms with Crippen LogP contribution in [-0.4, -0.2) is 30.3 Å². The molecule has 0 bridgehead atoms. The Morgan fingerprint density at radius 3 is 3.17 bits per heavy atom. The standard InChI is InChI=1S/C14H23N3O/c1-2-6-17-13(14-4-3-8-18-14)9-11-10-16-7-5-12(11)15/h5,7,10,13-14,17H,2-4,6,8-9H2,1H3,(H2,15,16). The maximum atomic E-state index is 5.99. The zero-order valence-electron chi connectivity index (χ0n) is 11.1. The SMILES string of the molecule is CCCNC(Cc1cnccc1N)C1CCCO1. The Kier molecular flexibility index (Phi) is 4.96. The van der Waals surface area contributed by atoms with E-state index in [9.17, 15) is 0 Å². The second-order valence-electron chi connectivity index (χ2n) is 4.89. The predicted octanol–water partition coefficient (Wildman–Crippen LogP) is 1.75. The lowest BCUT2D eigenvalue weighted by molar-refractivity contribution is 0.0784. The minimum atomic E-state index is 0.316. The third kappa shape index (κ3) is 3.43. The van der Waals surface area contributed by atoms with E-state index in [2.05, 4.69) is 17.2 Å². The fourth-order valence-electron chi connectivity index (χ4n) is 2.43. The number of anilines is 1. The molecule has 0 radical (unpaired) electrons. The lowest BCUT2D eigenvalue weighted by Gasteiger charge is -2.24. The van der Waals surface area contributed by atoms with Crippen molar-refractivity contribution in [3.05, 3.63) is 24.0 Å². The number of nitrogens with zero attached hydrogens (tertiary/aromatic N) is 1. The zero-order valence-corrected chi connectivity index (χ0v) is 11.1. The molecule has 1 aromatic rings. The van der Waals surface area contributed by atoms with Gasteiger partial charge in [-0.05, 0) is 43.9 Å².